The zero-order valence-corrected chi connectivity index (χ0v) is 18.4. The first-order valence-electron chi connectivity index (χ1n) is 8.54. The predicted octanol–water partition coefficient (Wildman–Crippen LogP) is 6.19. The van der Waals surface area contributed by atoms with Gasteiger partial charge in [0.25, 0.3) is 0 Å². The van der Waals surface area contributed by atoms with Crippen LogP contribution in [0.3, 0.4) is 0 Å². The van der Waals surface area contributed by atoms with Gasteiger partial charge in [-0.15, -0.1) is 0 Å². The van der Waals surface area contributed by atoms with Crippen LogP contribution < -0.4 is 13.3 Å². The van der Waals surface area contributed by atoms with E-state index in [2.05, 4.69) is 52.6 Å². The summed E-state index contributed by atoms with van der Waals surface area (Å²) in [5.74, 6) is 0.931. The highest BCUT2D eigenvalue weighted by Crippen LogP contribution is 2.48. The van der Waals surface area contributed by atoms with E-state index in [0.717, 1.165) is 33.9 Å². The molecule has 1 unspecified atom stereocenters. The van der Waals surface area contributed by atoms with E-state index in [0.29, 0.717) is 0 Å². The predicted molar refractivity (Wildman–Crippen MR) is 116 cm³/mol. The topological polar surface area (TPSA) is 12.2 Å². The highest BCUT2D eigenvalue weighted by Gasteiger charge is 2.31. The van der Waals surface area contributed by atoms with Crippen molar-refractivity contribution in [1.82, 2.24) is 4.58 Å². The molecule has 0 saturated carbocycles. The molecule has 0 spiro atoms. The minimum absolute atomic E-state index is 0.0958. The van der Waals surface area contributed by atoms with Crippen molar-refractivity contribution in [2.24, 2.45) is 0 Å². The number of benzene rings is 2. The van der Waals surface area contributed by atoms with Gasteiger partial charge in [-0.05, 0) is 49.7 Å². The van der Waals surface area contributed by atoms with Crippen LogP contribution in [0.4, 0.5) is 0 Å². The van der Waals surface area contributed by atoms with Gasteiger partial charge >= 0.3 is 3.98 Å². The van der Waals surface area contributed by atoms with Crippen LogP contribution in [0.25, 0.3) is 10.4 Å². The molecule has 1 aliphatic heterocycles. The van der Waals surface area contributed by atoms with Gasteiger partial charge in [-0.1, -0.05) is 62.3 Å². The maximum Gasteiger partial charge on any atom is 0.314 e. The molecule has 2 nitrogen and oxygen atoms in total. The molecule has 0 bridgehead atoms. The summed E-state index contributed by atoms with van der Waals surface area (Å²) < 4.78 is 11.2. The lowest BCUT2D eigenvalue weighted by Crippen LogP contribution is -2.25. The van der Waals surface area contributed by atoms with E-state index in [1.54, 1.807) is 0 Å². The van der Waals surface area contributed by atoms with Gasteiger partial charge in [-0.25, -0.2) is 4.58 Å². The molecule has 1 aliphatic rings. The Hall–Kier alpha value is -1.14. The third-order valence-corrected chi connectivity index (χ3v) is 8.00. The third kappa shape index (κ3) is 3.26. The molecular weight excluding hydrogens is 450 g/mol. The quantitative estimate of drug-likeness (QED) is 0.419. The van der Waals surface area contributed by atoms with Gasteiger partial charge in [-0.3, -0.25) is 0 Å². The Balaban J connectivity index is 1.95. The van der Waals surface area contributed by atoms with Crippen LogP contribution in [-0.4, -0.2) is 13.1 Å². The van der Waals surface area contributed by atoms with Crippen LogP contribution in [0, 0.1) is 0 Å². The first-order valence-corrected chi connectivity index (χ1v) is 11.3. The van der Waals surface area contributed by atoms with Gasteiger partial charge in [0.1, 0.15) is 18.8 Å². The van der Waals surface area contributed by atoms with E-state index in [4.69, 9.17) is 16.3 Å². The van der Waals surface area contributed by atoms with Crippen molar-refractivity contribution in [3.8, 4) is 16.2 Å². The summed E-state index contributed by atoms with van der Waals surface area (Å²) in [6, 6.07) is 14.2. The zero-order chi connectivity index (χ0) is 18.3. The molecule has 6 heteroatoms. The Labute approximate surface area is 174 Å². The minimum Gasteiger partial charge on any atom is -0.479 e. The van der Waals surface area contributed by atoms with E-state index in [9.17, 15) is 0 Å². The molecule has 0 N–H and O–H groups in total. The van der Waals surface area contributed by atoms with Crippen LogP contribution in [-0.2, 0) is 0 Å². The molecule has 2 heterocycles. The van der Waals surface area contributed by atoms with Crippen molar-refractivity contribution >= 4 is 50.2 Å². The highest BCUT2D eigenvalue weighted by molar-refractivity contribution is 9.10. The number of hydrogen-bond acceptors (Lipinski definition) is 3. The number of rotatable bonds is 3. The molecule has 0 saturated heterocycles. The largest absolute Gasteiger partial charge is 0.479 e. The van der Waals surface area contributed by atoms with Gasteiger partial charge in [-0.2, -0.15) is 0 Å². The Bertz CT molecular complexity index is 1020. The second-order valence-electron chi connectivity index (χ2n) is 6.03. The summed E-state index contributed by atoms with van der Waals surface area (Å²) in [6.07, 6.45) is -0.0958. The van der Waals surface area contributed by atoms with E-state index < -0.39 is 0 Å². The van der Waals surface area contributed by atoms with Crippen LogP contribution >= 0.6 is 50.2 Å². The average Bonchev–Trinajstić information content (AvgIpc) is 3.08. The number of hydrogen-bond donors (Lipinski definition) is 0. The zero-order valence-electron chi connectivity index (χ0n) is 14.5. The van der Waals surface area contributed by atoms with E-state index in [-0.39, 0.29) is 6.10 Å². The molecule has 0 fully saturated rings. The van der Waals surface area contributed by atoms with Crippen LogP contribution in [0.5, 0.6) is 5.75 Å². The van der Waals surface area contributed by atoms with Crippen molar-refractivity contribution in [2.75, 3.05) is 13.1 Å². The maximum absolute atomic E-state index is 6.43. The van der Waals surface area contributed by atoms with Crippen molar-refractivity contribution in [2.45, 2.75) is 20.0 Å². The summed E-state index contributed by atoms with van der Waals surface area (Å²) in [7, 11) is 0. The second kappa shape index (κ2) is 7.47. The maximum atomic E-state index is 6.43. The average molecular weight is 468 g/mol. The minimum atomic E-state index is -0.0958. The van der Waals surface area contributed by atoms with E-state index in [1.165, 1.54) is 19.3 Å². The summed E-state index contributed by atoms with van der Waals surface area (Å²) in [6.45, 7) is 6.41. The van der Waals surface area contributed by atoms with Crippen LogP contribution in [0.2, 0.25) is 5.02 Å². The number of fused-ring (bicyclic) bond motifs is 3. The molecule has 0 aliphatic carbocycles. The van der Waals surface area contributed by atoms with E-state index >= 15 is 0 Å². The standard InChI is InChI=1S/C20H18BrClNOS2/c1-3-23(4-2)20-25-18-15-11-13(21)7-10-16(15)24-17(19(18)26-20)12-5-8-14(22)9-6-12/h5-11,17H,3-4H2,1-2H3/q+1. The van der Waals surface area contributed by atoms with Gasteiger partial charge in [0.2, 0.25) is 0 Å². The summed E-state index contributed by atoms with van der Waals surface area (Å²) in [4.78, 5) is 2.57. The van der Waals surface area contributed by atoms with Gasteiger partial charge in [0, 0.05) is 15.1 Å². The smallest absolute Gasteiger partial charge is 0.314 e. The summed E-state index contributed by atoms with van der Waals surface area (Å²) in [5.41, 5.74) is 2.30. The first kappa shape index (κ1) is 18.2. The van der Waals surface area contributed by atoms with Crippen LogP contribution in [0.1, 0.15) is 30.4 Å². The van der Waals surface area contributed by atoms with Crippen molar-refractivity contribution < 1.29 is 4.74 Å². The summed E-state index contributed by atoms with van der Waals surface area (Å²) >= 11 is 13.4. The Kier molecular flexibility index (Phi) is 5.24. The molecule has 0 amide bonds. The Morgan fingerprint density at radius 1 is 1.08 bits per heavy atom. The monoisotopic (exact) mass is 466 g/mol. The van der Waals surface area contributed by atoms with Gasteiger partial charge in [0.15, 0.2) is 6.10 Å². The molecule has 3 aromatic rings. The Morgan fingerprint density at radius 2 is 1.81 bits per heavy atom. The second-order valence-corrected chi connectivity index (χ2v) is 9.67. The Morgan fingerprint density at radius 3 is 2.50 bits per heavy atom. The lowest BCUT2D eigenvalue weighted by molar-refractivity contribution is 0.248. The van der Waals surface area contributed by atoms with Crippen LogP contribution in [0.15, 0.2) is 46.9 Å². The van der Waals surface area contributed by atoms with Crippen molar-refractivity contribution in [3.63, 3.8) is 0 Å². The molecule has 4 rings (SSSR count). The van der Waals surface area contributed by atoms with Gasteiger partial charge in [0.05, 0.1) is 9.75 Å². The molecule has 26 heavy (non-hydrogen) atoms. The van der Waals surface area contributed by atoms with Crippen molar-refractivity contribution in [3.05, 3.63) is 66.4 Å². The fourth-order valence-electron chi connectivity index (χ4n) is 3.09. The highest BCUT2D eigenvalue weighted by atomic mass is 79.9. The third-order valence-electron chi connectivity index (χ3n) is 4.47. The number of halogens is 2. The normalized spacial score (nSPS) is 15.2. The molecule has 1 aromatic heterocycles. The molecule has 1 atom stereocenters. The lowest BCUT2D eigenvalue weighted by Gasteiger charge is -2.26. The molecule has 2 aromatic carbocycles. The molecule has 0 radical (unpaired) electrons. The lowest BCUT2D eigenvalue weighted by atomic mass is 10.0. The number of nitrogens with zero attached hydrogens (tertiary/aromatic N) is 1. The van der Waals surface area contributed by atoms with Gasteiger partial charge < -0.3 is 4.74 Å². The fourth-order valence-corrected chi connectivity index (χ4v) is 6.62. The SMILES string of the molecule is CC[N+](CC)=c1sc2c(s1)C(c1ccc(Cl)cc1)Oc1ccc(Br)cc1-2. The first-order chi connectivity index (χ1) is 12.6. The molecular formula is C20H18BrClNOS2+. The number of ether oxygens (including phenoxy) is 1. The molecule has 134 valence electrons. The summed E-state index contributed by atoms with van der Waals surface area (Å²) in [5, 5.41) is 0.743. The van der Waals surface area contributed by atoms with Crippen molar-refractivity contribution in [1.29, 1.82) is 0 Å². The van der Waals surface area contributed by atoms with E-state index in [1.807, 2.05) is 46.9 Å². The fraction of sp³-hybridized carbons (Fsp3) is 0.250.